The van der Waals surface area contributed by atoms with Crippen LogP contribution in [-0.2, 0) is 9.47 Å². The summed E-state index contributed by atoms with van der Waals surface area (Å²) < 4.78 is 11.0. The number of unbranched alkanes of at least 4 members (excludes halogenated alkanes) is 2. The first-order valence-corrected chi connectivity index (χ1v) is 11.0. The predicted octanol–water partition coefficient (Wildman–Crippen LogP) is 6.28. The van der Waals surface area contributed by atoms with Gasteiger partial charge in [0, 0.05) is 0 Å². The summed E-state index contributed by atoms with van der Waals surface area (Å²) in [6.45, 7) is 9.34. The van der Waals surface area contributed by atoms with E-state index in [1.165, 1.54) is 0 Å². The molecule has 0 aliphatic rings. The fourth-order valence-corrected chi connectivity index (χ4v) is 3.18. The molecule has 5 heteroatoms. The van der Waals surface area contributed by atoms with Crippen LogP contribution < -0.4 is 0 Å². The second-order valence-corrected chi connectivity index (χ2v) is 7.58. The van der Waals surface area contributed by atoms with E-state index in [4.69, 9.17) is 9.47 Å². The van der Waals surface area contributed by atoms with E-state index in [2.05, 4.69) is 27.7 Å². The molecule has 0 radical (unpaired) electrons. The number of esters is 2. The largest absolute Gasteiger partial charge is 2.00 e. The minimum Gasteiger partial charge on any atom is -1.00 e. The van der Waals surface area contributed by atoms with Gasteiger partial charge in [-0.05, 0) is 36.8 Å². The molecule has 4 nitrogen and oxygen atoms in total. The fraction of sp³-hybridized carbons (Fsp3) is 0.667. The SMILES string of the molecule is CCCCC(CC)COC(=O)c1ccccc1C(=O)OCC(CC)CCCC.[Ca+2].[H-].[H-]. The third-order valence-corrected chi connectivity index (χ3v) is 5.35. The summed E-state index contributed by atoms with van der Waals surface area (Å²) in [6.07, 6.45) is 8.61. The summed E-state index contributed by atoms with van der Waals surface area (Å²) in [4.78, 5) is 25.1. The van der Waals surface area contributed by atoms with Crippen LogP contribution >= 0.6 is 0 Å². The molecular weight excluding hydrogens is 392 g/mol. The first-order chi connectivity index (χ1) is 13.6. The van der Waals surface area contributed by atoms with Crippen LogP contribution in [0.25, 0.3) is 0 Å². The van der Waals surface area contributed by atoms with Crippen molar-refractivity contribution >= 4 is 49.7 Å². The van der Waals surface area contributed by atoms with Crippen LogP contribution in [0.15, 0.2) is 24.3 Å². The number of hydrogen-bond donors (Lipinski definition) is 0. The molecule has 0 spiro atoms. The summed E-state index contributed by atoms with van der Waals surface area (Å²) in [7, 11) is 0. The van der Waals surface area contributed by atoms with Crippen LogP contribution in [0, 0.1) is 11.8 Å². The predicted molar refractivity (Wildman–Crippen MR) is 122 cm³/mol. The Balaban J connectivity index is -0.00000261. The van der Waals surface area contributed by atoms with Gasteiger partial charge in [0.2, 0.25) is 0 Å². The zero-order chi connectivity index (χ0) is 20.8. The van der Waals surface area contributed by atoms with Gasteiger partial charge in [-0.15, -0.1) is 0 Å². The van der Waals surface area contributed by atoms with Crippen molar-refractivity contribution in [1.82, 2.24) is 0 Å². The third kappa shape index (κ3) is 10.8. The Bertz CT molecular complexity index is 548. The first-order valence-electron chi connectivity index (χ1n) is 11.0. The number of benzene rings is 1. The van der Waals surface area contributed by atoms with Gasteiger partial charge in [-0.3, -0.25) is 0 Å². The standard InChI is InChI=1S/C24H38O4.Ca.2H/c1-5-9-13-19(7-3)17-27-23(25)21-15-11-12-16-22(21)24(26)28-18-20(8-4)14-10-6-2;;;/h11-12,15-16,19-20H,5-10,13-14,17-18H2,1-4H3;;;/q;+2;2*-1. The zero-order valence-electron chi connectivity index (χ0n) is 20.9. The summed E-state index contributed by atoms with van der Waals surface area (Å²) >= 11 is 0. The molecule has 1 aromatic rings. The summed E-state index contributed by atoms with van der Waals surface area (Å²) in [6, 6.07) is 6.77. The average molecular weight is 433 g/mol. The molecule has 29 heavy (non-hydrogen) atoms. The Morgan fingerprint density at radius 1 is 0.793 bits per heavy atom. The Labute approximate surface area is 210 Å². The van der Waals surface area contributed by atoms with Gasteiger partial charge < -0.3 is 12.3 Å². The minimum atomic E-state index is -0.444. The topological polar surface area (TPSA) is 52.6 Å². The molecule has 0 fully saturated rings. The number of rotatable bonds is 14. The van der Waals surface area contributed by atoms with E-state index in [1.807, 2.05) is 0 Å². The Morgan fingerprint density at radius 3 is 1.48 bits per heavy atom. The minimum absolute atomic E-state index is 0. The molecule has 0 saturated heterocycles. The Morgan fingerprint density at radius 2 is 1.17 bits per heavy atom. The average Bonchev–Trinajstić information content (AvgIpc) is 2.73. The monoisotopic (exact) mass is 432 g/mol. The van der Waals surface area contributed by atoms with E-state index in [0.717, 1.165) is 51.4 Å². The van der Waals surface area contributed by atoms with E-state index in [0.29, 0.717) is 36.2 Å². The van der Waals surface area contributed by atoms with Gasteiger partial charge in [-0.1, -0.05) is 78.4 Å². The van der Waals surface area contributed by atoms with Crippen molar-refractivity contribution in [3.8, 4) is 0 Å². The molecule has 0 N–H and O–H groups in total. The van der Waals surface area contributed by atoms with Crippen molar-refractivity contribution in [2.24, 2.45) is 11.8 Å². The molecule has 1 rings (SSSR count). The van der Waals surface area contributed by atoms with E-state index in [9.17, 15) is 9.59 Å². The van der Waals surface area contributed by atoms with Gasteiger partial charge >= 0.3 is 49.7 Å². The zero-order valence-corrected chi connectivity index (χ0v) is 21.1. The molecule has 0 bridgehead atoms. The maximum atomic E-state index is 12.6. The maximum absolute atomic E-state index is 12.6. The second kappa shape index (κ2) is 17.1. The molecule has 0 aliphatic heterocycles. The molecule has 0 aliphatic carbocycles. The van der Waals surface area contributed by atoms with E-state index in [-0.39, 0.29) is 40.6 Å². The number of carbonyl (C=O) groups is 2. The van der Waals surface area contributed by atoms with E-state index in [1.54, 1.807) is 24.3 Å². The van der Waals surface area contributed by atoms with Crippen molar-refractivity contribution in [3.63, 3.8) is 0 Å². The van der Waals surface area contributed by atoms with Crippen LogP contribution in [-0.4, -0.2) is 62.9 Å². The molecule has 0 aromatic heterocycles. The normalized spacial score (nSPS) is 12.6. The van der Waals surface area contributed by atoms with E-state index >= 15 is 0 Å². The molecule has 0 heterocycles. The van der Waals surface area contributed by atoms with Gasteiger partial charge in [-0.2, -0.15) is 0 Å². The van der Waals surface area contributed by atoms with Gasteiger partial charge in [-0.25, -0.2) is 9.59 Å². The van der Waals surface area contributed by atoms with Gasteiger partial charge in [0.15, 0.2) is 0 Å². The Kier molecular flexibility index (Phi) is 16.8. The Hall–Kier alpha value is -0.580. The summed E-state index contributed by atoms with van der Waals surface area (Å²) in [5.74, 6) is -0.153. The van der Waals surface area contributed by atoms with Crippen LogP contribution in [0.3, 0.4) is 0 Å². The molecule has 0 saturated carbocycles. The van der Waals surface area contributed by atoms with Crippen LogP contribution in [0.4, 0.5) is 0 Å². The molecule has 2 atom stereocenters. The molecular formula is C24H40CaO4. The maximum Gasteiger partial charge on any atom is 2.00 e. The summed E-state index contributed by atoms with van der Waals surface area (Å²) in [5, 5.41) is 0. The number of carbonyl (C=O) groups excluding carboxylic acids is 2. The second-order valence-electron chi connectivity index (χ2n) is 7.58. The van der Waals surface area contributed by atoms with Crippen molar-refractivity contribution < 1.29 is 21.9 Å². The van der Waals surface area contributed by atoms with E-state index < -0.39 is 11.9 Å². The number of hydrogen-bond acceptors (Lipinski definition) is 4. The smallest absolute Gasteiger partial charge is 1.00 e. The van der Waals surface area contributed by atoms with Crippen molar-refractivity contribution in [2.75, 3.05) is 13.2 Å². The quantitative estimate of drug-likeness (QED) is 0.256. The fourth-order valence-electron chi connectivity index (χ4n) is 3.18. The summed E-state index contributed by atoms with van der Waals surface area (Å²) in [5.41, 5.74) is 0.582. The van der Waals surface area contributed by atoms with Crippen molar-refractivity contribution in [1.29, 1.82) is 0 Å². The molecule has 162 valence electrons. The molecule has 0 amide bonds. The van der Waals surface area contributed by atoms with Crippen molar-refractivity contribution in [2.45, 2.75) is 79.1 Å². The van der Waals surface area contributed by atoms with Gasteiger partial charge in [0.1, 0.15) is 0 Å². The third-order valence-electron chi connectivity index (χ3n) is 5.35. The first kappa shape index (κ1) is 28.4. The van der Waals surface area contributed by atoms with Crippen molar-refractivity contribution in [3.05, 3.63) is 35.4 Å². The van der Waals surface area contributed by atoms with Gasteiger partial charge in [0.05, 0.1) is 24.3 Å². The molecule has 2 unspecified atom stereocenters. The van der Waals surface area contributed by atoms with Gasteiger partial charge in [0.25, 0.3) is 0 Å². The molecule has 1 aromatic carbocycles. The van der Waals surface area contributed by atoms with Crippen LogP contribution in [0.5, 0.6) is 0 Å². The van der Waals surface area contributed by atoms with Crippen LogP contribution in [0.1, 0.15) is 103 Å². The van der Waals surface area contributed by atoms with Crippen LogP contribution in [0.2, 0.25) is 0 Å². The number of ether oxygens (including phenoxy) is 2.